The first-order valence-electron chi connectivity index (χ1n) is 9.17. The predicted octanol–water partition coefficient (Wildman–Crippen LogP) is 2.91. The van der Waals surface area contributed by atoms with Gasteiger partial charge in [0, 0.05) is 30.4 Å². The van der Waals surface area contributed by atoms with E-state index in [2.05, 4.69) is 37.5 Å². The van der Waals surface area contributed by atoms with E-state index in [0.29, 0.717) is 17.9 Å². The van der Waals surface area contributed by atoms with Gasteiger partial charge in [0.1, 0.15) is 12.2 Å². The Kier molecular flexibility index (Phi) is 5.30. The number of nitrogens with one attached hydrogen (secondary N) is 1. The van der Waals surface area contributed by atoms with Crippen molar-refractivity contribution < 1.29 is 4.79 Å². The number of aryl methyl sites for hydroxylation is 1. The summed E-state index contributed by atoms with van der Waals surface area (Å²) in [5.41, 5.74) is 3.62. The van der Waals surface area contributed by atoms with Crippen molar-refractivity contribution in [2.75, 3.05) is 5.75 Å². The maximum Gasteiger partial charge on any atom is 0.229 e. The van der Waals surface area contributed by atoms with Gasteiger partial charge < -0.3 is 4.57 Å². The molecule has 0 atom stereocenters. The summed E-state index contributed by atoms with van der Waals surface area (Å²) in [6.07, 6.45) is 2.16. The topological polar surface area (TPSA) is 94.3 Å². The molecule has 9 heteroatoms. The average molecular weight is 408 g/mol. The van der Waals surface area contributed by atoms with Gasteiger partial charge in [-0.3, -0.25) is 9.36 Å². The van der Waals surface area contributed by atoms with Crippen LogP contribution in [0.4, 0.5) is 0 Å². The smallest absolute Gasteiger partial charge is 0.229 e. The van der Waals surface area contributed by atoms with Crippen molar-refractivity contribution in [2.24, 2.45) is 7.05 Å². The first-order chi connectivity index (χ1) is 14.0. The zero-order valence-electron chi connectivity index (χ0n) is 16.5. The van der Waals surface area contributed by atoms with Crippen LogP contribution in [0.15, 0.2) is 47.9 Å². The second kappa shape index (κ2) is 8.04. The van der Waals surface area contributed by atoms with Crippen LogP contribution < -0.4 is 0 Å². The van der Waals surface area contributed by atoms with Gasteiger partial charge in [-0.05, 0) is 25.5 Å². The van der Waals surface area contributed by atoms with Crippen LogP contribution in [0.2, 0.25) is 0 Å². The summed E-state index contributed by atoms with van der Waals surface area (Å²) in [5, 5.41) is 16.0. The minimum absolute atomic E-state index is 0.0430. The lowest BCUT2D eigenvalue weighted by Gasteiger charge is -2.06. The average Bonchev–Trinajstić information content (AvgIpc) is 3.42. The number of rotatable bonds is 7. The first-order valence-corrected chi connectivity index (χ1v) is 10.2. The quantitative estimate of drug-likeness (QED) is 0.374. The Morgan fingerprint density at radius 2 is 1.97 bits per heavy atom. The Hall–Kier alpha value is -3.20. The van der Waals surface area contributed by atoms with Crippen molar-refractivity contribution in [3.63, 3.8) is 0 Å². The predicted molar refractivity (Wildman–Crippen MR) is 110 cm³/mol. The molecule has 148 valence electrons. The van der Waals surface area contributed by atoms with Gasteiger partial charge in [0.15, 0.2) is 10.9 Å². The number of ketones is 1. The van der Waals surface area contributed by atoms with Crippen molar-refractivity contribution >= 4 is 17.5 Å². The highest BCUT2D eigenvalue weighted by Gasteiger charge is 2.19. The number of aromatic amines is 1. The molecule has 29 heavy (non-hydrogen) atoms. The Morgan fingerprint density at radius 1 is 1.17 bits per heavy atom. The van der Waals surface area contributed by atoms with Gasteiger partial charge in [0.2, 0.25) is 5.95 Å². The van der Waals surface area contributed by atoms with Crippen molar-refractivity contribution in [1.82, 2.24) is 34.5 Å². The molecule has 4 aromatic rings. The Bertz CT molecular complexity index is 1130. The third-order valence-electron chi connectivity index (χ3n) is 4.81. The SMILES string of the molecule is Cc1cc(C(=O)CSc2nnc(Cc3ccccc3)n2C)c(C)n1-c1ncn[nH]1. The Labute approximate surface area is 172 Å². The van der Waals surface area contributed by atoms with Gasteiger partial charge in [-0.25, -0.2) is 5.10 Å². The standard InChI is InChI=1S/C20H21N7OS/c1-13-9-16(14(2)27(13)19-21-12-22-24-19)17(28)11-29-20-25-23-18(26(20)3)10-15-7-5-4-6-8-15/h4-9,12H,10-11H2,1-3H3,(H,21,22,24). The molecular formula is C20H21N7OS. The van der Waals surface area contributed by atoms with E-state index < -0.39 is 0 Å². The summed E-state index contributed by atoms with van der Waals surface area (Å²) < 4.78 is 3.84. The molecule has 0 saturated carbocycles. The molecule has 0 unspecified atom stereocenters. The van der Waals surface area contributed by atoms with Crippen LogP contribution in [0.3, 0.4) is 0 Å². The van der Waals surface area contributed by atoms with Crippen molar-refractivity contribution in [1.29, 1.82) is 0 Å². The van der Waals surface area contributed by atoms with Crippen LogP contribution in [0.1, 0.15) is 33.1 Å². The molecule has 0 aliphatic heterocycles. The largest absolute Gasteiger partial charge is 0.309 e. The number of carbonyl (C=O) groups excluding carboxylic acids is 1. The molecule has 0 aliphatic carbocycles. The number of H-pyrrole nitrogens is 1. The van der Waals surface area contributed by atoms with E-state index in [1.54, 1.807) is 0 Å². The Morgan fingerprint density at radius 3 is 2.69 bits per heavy atom. The van der Waals surface area contributed by atoms with Gasteiger partial charge in [-0.1, -0.05) is 42.1 Å². The first kappa shape index (κ1) is 19.1. The van der Waals surface area contributed by atoms with E-state index in [1.165, 1.54) is 23.7 Å². The molecule has 0 aliphatic rings. The van der Waals surface area contributed by atoms with Gasteiger partial charge in [-0.2, -0.15) is 10.1 Å². The fourth-order valence-electron chi connectivity index (χ4n) is 3.29. The highest BCUT2D eigenvalue weighted by molar-refractivity contribution is 7.99. The number of carbonyl (C=O) groups is 1. The van der Waals surface area contributed by atoms with Crippen LogP contribution in [0, 0.1) is 13.8 Å². The molecule has 0 bridgehead atoms. The zero-order valence-corrected chi connectivity index (χ0v) is 17.3. The molecule has 0 amide bonds. The fourth-order valence-corrected chi connectivity index (χ4v) is 4.10. The summed E-state index contributed by atoms with van der Waals surface area (Å²) in [7, 11) is 1.93. The lowest BCUT2D eigenvalue weighted by atomic mass is 10.1. The lowest BCUT2D eigenvalue weighted by molar-refractivity contribution is 0.102. The molecule has 0 fully saturated rings. The molecule has 0 saturated heterocycles. The summed E-state index contributed by atoms with van der Waals surface area (Å²) in [4.78, 5) is 17.0. The van der Waals surface area contributed by atoms with Crippen LogP contribution in [-0.4, -0.2) is 46.0 Å². The fraction of sp³-hybridized carbons (Fsp3) is 0.250. The minimum Gasteiger partial charge on any atom is -0.309 e. The van der Waals surface area contributed by atoms with Gasteiger partial charge in [0.05, 0.1) is 5.75 Å². The number of nitrogens with zero attached hydrogens (tertiary/aromatic N) is 6. The molecule has 1 N–H and O–H groups in total. The molecule has 4 rings (SSSR count). The molecule has 3 aromatic heterocycles. The number of benzene rings is 1. The number of hydrogen-bond donors (Lipinski definition) is 1. The van der Waals surface area contributed by atoms with E-state index in [-0.39, 0.29) is 11.5 Å². The number of aromatic nitrogens is 7. The third kappa shape index (κ3) is 3.86. The second-order valence-electron chi connectivity index (χ2n) is 6.76. The highest BCUT2D eigenvalue weighted by atomic mass is 32.2. The van der Waals surface area contributed by atoms with E-state index in [4.69, 9.17) is 0 Å². The molecule has 8 nitrogen and oxygen atoms in total. The van der Waals surface area contributed by atoms with E-state index in [0.717, 1.165) is 22.4 Å². The summed E-state index contributed by atoms with van der Waals surface area (Å²) in [6, 6.07) is 12.0. The van der Waals surface area contributed by atoms with Crippen molar-refractivity contribution in [3.05, 3.63) is 71.1 Å². The van der Waals surface area contributed by atoms with E-state index in [1.807, 2.05) is 54.3 Å². The molecule has 0 spiro atoms. The molecule has 3 heterocycles. The van der Waals surface area contributed by atoms with E-state index >= 15 is 0 Å². The van der Waals surface area contributed by atoms with Gasteiger partial charge >= 0.3 is 0 Å². The summed E-state index contributed by atoms with van der Waals surface area (Å²) in [5.74, 6) is 1.81. The van der Waals surface area contributed by atoms with Crippen LogP contribution in [-0.2, 0) is 13.5 Å². The maximum absolute atomic E-state index is 12.8. The van der Waals surface area contributed by atoms with Crippen LogP contribution in [0.25, 0.3) is 5.95 Å². The minimum atomic E-state index is 0.0430. The van der Waals surface area contributed by atoms with Gasteiger partial charge in [-0.15, -0.1) is 10.2 Å². The second-order valence-corrected chi connectivity index (χ2v) is 7.70. The highest BCUT2D eigenvalue weighted by Crippen LogP contribution is 2.23. The number of hydrogen-bond acceptors (Lipinski definition) is 6. The normalized spacial score (nSPS) is 11.1. The Balaban J connectivity index is 1.46. The number of thioether (sulfide) groups is 1. The van der Waals surface area contributed by atoms with E-state index in [9.17, 15) is 4.79 Å². The van der Waals surface area contributed by atoms with Crippen molar-refractivity contribution in [2.45, 2.75) is 25.4 Å². The maximum atomic E-state index is 12.8. The molecule has 0 radical (unpaired) electrons. The summed E-state index contributed by atoms with van der Waals surface area (Å²) >= 11 is 1.40. The lowest BCUT2D eigenvalue weighted by Crippen LogP contribution is -2.07. The van der Waals surface area contributed by atoms with Crippen molar-refractivity contribution in [3.8, 4) is 5.95 Å². The van der Waals surface area contributed by atoms with Crippen LogP contribution in [0.5, 0.6) is 0 Å². The van der Waals surface area contributed by atoms with Gasteiger partial charge in [0.25, 0.3) is 0 Å². The molecular weight excluding hydrogens is 386 g/mol. The molecule has 1 aromatic carbocycles. The summed E-state index contributed by atoms with van der Waals surface area (Å²) in [6.45, 7) is 3.85. The monoisotopic (exact) mass is 407 g/mol. The zero-order chi connectivity index (χ0) is 20.4. The van der Waals surface area contributed by atoms with Crippen LogP contribution >= 0.6 is 11.8 Å². The number of Topliss-reactive ketones (excluding diaryl/α,β-unsaturated/α-hetero) is 1. The third-order valence-corrected chi connectivity index (χ3v) is 5.83.